The van der Waals surface area contributed by atoms with Crippen molar-refractivity contribution >= 4 is 5.69 Å². The highest BCUT2D eigenvalue weighted by atomic mass is 16.3. The molecule has 2 rings (SSSR count). The molecule has 0 aliphatic heterocycles. The number of aliphatic hydroxyl groups is 1. The van der Waals surface area contributed by atoms with Crippen LogP contribution < -0.4 is 5.32 Å². The molecule has 0 amide bonds. The Balaban J connectivity index is 1.97. The maximum absolute atomic E-state index is 9.32. The van der Waals surface area contributed by atoms with Gasteiger partial charge in [-0.05, 0) is 30.7 Å². The van der Waals surface area contributed by atoms with Crippen LogP contribution in [0.5, 0.6) is 5.75 Å². The maximum Gasteiger partial charge on any atom is 0.115 e. The summed E-state index contributed by atoms with van der Waals surface area (Å²) in [6, 6.07) is 5.23. The van der Waals surface area contributed by atoms with E-state index in [0.29, 0.717) is 13.1 Å². The van der Waals surface area contributed by atoms with E-state index in [4.69, 9.17) is 5.11 Å². The van der Waals surface area contributed by atoms with Gasteiger partial charge in [-0.2, -0.15) is 5.10 Å². The van der Waals surface area contributed by atoms with Crippen molar-refractivity contribution in [2.24, 2.45) is 0 Å². The molecular formula is C13H17N3O2. The first-order chi connectivity index (χ1) is 8.69. The Bertz CT molecular complexity index is 523. The Kier molecular flexibility index (Phi) is 3.84. The van der Waals surface area contributed by atoms with Crippen LogP contribution in [-0.4, -0.2) is 26.6 Å². The smallest absolute Gasteiger partial charge is 0.115 e. The summed E-state index contributed by atoms with van der Waals surface area (Å²) in [5.74, 6) is 0.272. The van der Waals surface area contributed by atoms with E-state index in [1.165, 1.54) is 0 Å². The molecule has 0 radical (unpaired) electrons. The number of nitrogens with zero attached hydrogens (tertiary/aromatic N) is 2. The molecule has 0 bridgehead atoms. The van der Waals surface area contributed by atoms with Crippen LogP contribution in [-0.2, 0) is 13.1 Å². The van der Waals surface area contributed by atoms with Crippen molar-refractivity contribution in [3.05, 3.63) is 41.7 Å². The van der Waals surface area contributed by atoms with Crippen LogP contribution in [0.4, 0.5) is 5.69 Å². The number of nitrogens with one attached hydrogen (secondary N) is 1. The molecule has 1 aromatic carbocycles. The van der Waals surface area contributed by atoms with Crippen molar-refractivity contribution in [1.29, 1.82) is 0 Å². The fourth-order valence-corrected chi connectivity index (χ4v) is 1.77. The van der Waals surface area contributed by atoms with Gasteiger partial charge >= 0.3 is 0 Å². The molecule has 5 nitrogen and oxygen atoms in total. The average Bonchev–Trinajstić information content (AvgIpc) is 2.76. The zero-order chi connectivity index (χ0) is 13.0. The van der Waals surface area contributed by atoms with E-state index in [9.17, 15) is 5.11 Å². The lowest BCUT2D eigenvalue weighted by molar-refractivity contribution is 0.269. The Morgan fingerprint density at radius 1 is 1.39 bits per heavy atom. The molecule has 0 saturated carbocycles. The highest BCUT2D eigenvalue weighted by Crippen LogP contribution is 2.20. The van der Waals surface area contributed by atoms with Crippen LogP contribution in [0.25, 0.3) is 0 Å². The molecule has 18 heavy (non-hydrogen) atoms. The van der Waals surface area contributed by atoms with E-state index in [-0.39, 0.29) is 12.4 Å². The van der Waals surface area contributed by atoms with Crippen LogP contribution >= 0.6 is 0 Å². The molecule has 0 saturated heterocycles. The molecule has 0 unspecified atom stereocenters. The first kappa shape index (κ1) is 12.4. The third kappa shape index (κ3) is 3.01. The normalized spacial score (nSPS) is 10.6. The number of phenols is 1. The van der Waals surface area contributed by atoms with Crippen LogP contribution in [0, 0.1) is 6.92 Å². The number of aromatic nitrogens is 2. The van der Waals surface area contributed by atoms with Gasteiger partial charge in [0.25, 0.3) is 0 Å². The van der Waals surface area contributed by atoms with Gasteiger partial charge in [-0.25, -0.2) is 0 Å². The summed E-state index contributed by atoms with van der Waals surface area (Å²) in [4.78, 5) is 0. The summed E-state index contributed by atoms with van der Waals surface area (Å²) >= 11 is 0. The minimum atomic E-state index is 0.0889. The van der Waals surface area contributed by atoms with Gasteiger partial charge in [-0.1, -0.05) is 0 Å². The molecule has 0 spiro atoms. The molecule has 0 aliphatic rings. The fraction of sp³-hybridized carbons (Fsp3) is 0.308. The van der Waals surface area contributed by atoms with Gasteiger partial charge in [-0.15, -0.1) is 0 Å². The van der Waals surface area contributed by atoms with Gasteiger partial charge in [0.05, 0.1) is 19.3 Å². The van der Waals surface area contributed by atoms with Gasteiger partial charge < -0.3 is 15.5 Å². The van der Waals surface area contributed by atoms with Crippen molar-refractivity contribution in [2.45, 2.75) is 20.0 Å². The SMILES string of the molecule is Cc1cc(O)ccc1NCc1cnn(CCO)c1. The number of hydrogen-bond donors (Lipinski definition) is 3. The van der Waals surface area contributed by atoms with Crippen molar-refractivity contribution in [1.82, 2.24) is 9.78 Å². The zero-order valence-corrected chi connectivity index (χ0v) is 10.3. The molecule has 1 heterocycles. The van der Waals surface area contributed by atoms with Gasteiger partial charge in [0, 0.05) is 24.0 Å². The lowest BCUT2D eigenvalue weighted by atomic mass is 10.2. The molecule has 0 fully saturated rings. The summed E-state index contributed by atoms with van der Waals surface area (Å²) < 4.78 is 1.71. The Hall–Kier alpha value is -2.01. The quantitative estimate of drug-likeness (QED) is 0.700. The number of rotatable bonds is 5. The maximum atomic E-state index is 9.32. The minimum Gasteiger partial charge on any atom is -0.508 e. The standard InChI is InChI=1S/C13H17N3O2/c1-10-6-12(18)2-3-13(10)14-7-11-8-15-16(9-11)4-5-17/h2-3,6,8-9,14,17-18H,4-5,7H2,1H3. The van der Waals surface area contributed by atoms with Crippen molar-refractivity contribution in [3.63, 3.8) is 0 Å². The molecule has 0 aliphatic carbocycles. The zero-order valence-electron chi connectivity index (χ0n) is 10.3. The number of aryl methyl sites for hydroxylation is 1. The van der Waals surface area contributed by atoms with E-state index in [2.05, 4.69) is 10.4 Å². The van der Waals surface area contributed by atoms with Crippen molar-refractivity contribution in [2.75, 3.05) is 11.9 Å². The second kappa shape index (κ2) is 5.55. The van der Waals surface area contributed by atoms with Crippen molar-refractivity contribution < 1.29 is 10.2 Å². The van der Waals surface area contributed by atoms with Gasteiger partial charge in [-0.3, -0.25) is 4.68 Å². The molecule has 0 atom stereocenters. The Labute approximate surface area is 106 Å². The lowest BCUT2D eigenvalue weighted by Crippen LogP contribution is -2.02. The molecule has 2 aromatic rings. The van der Waals surface area contributed by atoms with E-state index < -0.39 is 0 Å². The number of phenolic OH excluding ortho intramolecular Hbond substituents is 1. The van der Waals surface area contributed by atoms with E-state index >= 15 is 0 Å². The summed E-state index contributed by atoms with van der Waals surface area (Å²) in [6.45, 7) is 3.21. The van der Waals surface area contributed by atoms with E-state index in [1.54, 1.807) is 23.0 Å². The number of benzene rings is 1. The lowest BCUT2D eigenvalue weighted by Gasteiger charge is -2.08. The third-order valence-electron chi connectivity index (χ3n) is 2.71. The van der Waals surface area contributed by atoms with Gasteiger partial charge in [0.1, 0.15) is 5.75 Å². The highest BCUT2D eigenvalue weighted by Gasteiger charge is 2.01. The fourth-order valence-electron chi connectivity index (χ4n) is 1.77. The van der Waals surface area contributed by atoms with Crippen LogP contribution in [0.2, 0.25) is 0 Å². The minimum absolute atomic E-state index is 0.0889. The largest absolute Gasteiger partial charge is 0.508 e. The van der Waals surface area contributed by atoms with Crippen molar-refractivity contribution in [3.8, 4) is 5.75 Å². The second-order valence-electron chi connectivity index (χ2n) is 4.19. The Morgan fingerprint density at radius 2 is 2.22 bits per heavy atom. The highest BCUT2D eigenvalue weighted by molar-refractivity contribution is 5.53. The van der Waals surface area contributed by atoms with Crippen LogP contribution in [0.3, 0.4) is 0 Å². The number of hydrogen-bond acceptors (Lipinski definition) is 4. The number of aromatic hydroxyl groups is 1. The predicted octanol–water partition coefficient (Wildman–Crippen LogP) is 1.50. The molecular weight excluding hydrogens is 230 g/mol. The van der Waals surface area contributed by atoms with Crippen LogP contribution in [0.15, 0.2) is 30.6 Å². The number of anilines is 1. The summed E-state index contributed by atoms with van der Waals surface area (Å²) in [6.07, 6.45) is 3.68. The summed E-state index contributed by atoms with van der Waals surface area (Å²) in [5, 5.41) is 25.5. The predicted molar refractivity (Wildman–Crippen MR) is 69.5 cm³/mol. The van der Waals surface area contributed by atoms with Gasteiger partial charge in [0.2, 0.25) is 0 Å². The Morgan fingerprint density at radius 3 is 2.94 bits per heavy atom. The average molecular weight is 247 g/mol. The van der Waals surface area contributed by atoms with E-state index in [0.717, 1.165) is 16.8 Å². The summed E-state index contributed by atoms with van der Waals surface area (Å²) in [5.41, 5.74) is 3.04. The second-order valence-corrected chi connectivity index (χ2v) is 4.19. The number of aliphatic hydroxyl groups excluding tert-OH is 1. The third-order valence-corrected chi connectivity index (χ3v) is 2.71. The molecule has 96 valence electrons. The van der Waals surface area contributed by atoms with Gasteiger partial charge in [0.15, 0.2) is 0 Å². The summed E-state index contributed by atoms with van der Waals surface area (Å²) in [7, 11) is 0. The molecule has 3 N–H and O–H groups in total. The monoisotopic (exact) mass is 247 g/mol. The van der Waals surface area contributed by atoms with Crippen LogP contribution in [0.1, 0.15) is 11.1 Å². The molecule has 1 aromatic heterocycles. The first-order valence-corrected chi connectivity index (χ1v) is 5.84. The topological polar surface area (TPSA) is 70.3 Å². The first-order valence-electron chi connectivity index (χ1n) is 5.84. The van der Waals surface area contributed by atoms with E-state index in [1.807, 2.05) is 19.2 Å². The molecule has 5 heteroatoms.